The summed E-state index contributed by atoms with van der Waals surface area (Å²) in [5.41, 5.74) is 3.56. The summed E-state index contributed by atoms with van der Waals surface area (Å²) in [6, 6.07) is 21.0. The van der Waals surface area contributed by atoms with E-state index in [9.17, 15) is 9.59 Å². The molecule has 0 aliphatic carbocycles. The van der Waals surface area contributed by atoms with Gasteiger partial charge in [0.25, 0.3) is 5.56 Å². The third-order valence-corrected chi connectivity index (χ3v) is 7.30. The van der Waals surface area contributed by atoms with Gasteiger partial charge in [0.15, 0.2) is 16.7 Å². The summed E-state index contributed by atoms with van der Waals surface area (Å²) >= 11 is 1.30. The van der Waals surface area contributed by atoms with Gasteiger partial charge >= 0.3 is 0 Å². The standard InChI is InChI=1S/C27H23N3O4S/c31-25(29-13-5-7-19-6-1-4-10-22(19)29)16-35-27-28-21-9-3-2-8-20(21)26(32)30(27)15-18-11-12-23-24(14-18)34-17-33-23/h1-4,6,8-12,14H,5,7,13,15-17H2. The number of thioether (sulfide) groups is 1. The number of carbonyl (C=O) groups excluding carboxylic acids is 1. The molecule has 35 heavy (non-hydrogen) atoms. The highest BCUT2D eigenvalue weighted by molar-refractivity contribution is 7.99. The minimum Gasteiger partial charge on any atom is -0.454 e. The number of carbonyl (C=O) groups is 1. The molecule has 0 bridgehead atoms. The van der Waals surface area contributed by atoms with Crippen LogP contribution in [0.25, 0.3) is 10.9 Å². The van der Waals surface area contributed by atoms with Crippen molar-refractivity contribution in [2.75, 3.05) is 24.0 Å². The Bertz CT molecular complexity index is 1500. The Labute approximate surface area is 206 Å². The van der Waals surface area contributed by atoms with E-state index in [-0.39, 0.29) is 24.0 Å². The molecule has 7 nitrogen and oxygen atoms in total. The minimum atomic E-state index is -0.133. The highest BCUT2D eigenvalue weighted by Crippen LogP contribution is 2.33. The number of para-hydroxylation sites is 2. The Morgan fingerprint density at radius 2 is 1.83 bits per heavy atom. The molecular formula is C27H23N3O4S. The Kier molecular flexibility index (Phi) is 5.66. The quantitative estimate of drug-likeness (QED) is 0.311. The number of hydrogen-bond acceptors (Lipinski definition) is 6. The van der Waals surface area contributed by atoms with Gasteiger partial charge in [0.1, 0.15) is 0 Å². The zero-order chi connectivity index (χ0) is 23.8. The lowest BCUT2D eigenvalue weighted by Crippen LogP contribution is -2.36. The molecule has 0 N–H and O–H groups in total. The zero-order valence-electron chi connectivity index (χ0n) is 19.0. The first-order valence-electron chi connectivity index (χ1n) is 11.6. The van der Waals surface area contributed by atoms with E-state index in [4.69, 9.17) is 14.5 Å². The fourth-order valence-corrected chi connectivity index (χ4v) is 5.49. The number of ether oxygens (including phenoxy) is 2. The third-order valence-electron chi connectivity index (χ3n) is 6.34. The van der Waals surface area contributed by atoms with Gasteiger partial charge in [0.05, 0.1) is 23.2 Å². The summed E-state index contributed by atoms with van der Waals surface area (Å²) in [4.78, 5) is 33.3. The monoisotopic (exact) mass is 485 g/mol. The minimum absolute atomic E-state index is 0.0131. The van der Waals surface area contributed by atoms with E-state index in [1.54, 1.807) is 10.6 Å². The van der Waals surface area contributed by atoms with E-state index < -0.39 is 0 Å². The summed E-state index contributed by atoms with van der Waals surface area (Å²) in [7, 11) is 0. The second-order valence-corrected chi connectivity index (χ2v) is 9.50. The fraction of sp³-hybridized carbons (Fsp3) is 0.222. The Morgan fingerprint density at radius 1 is 1.00 bits per heavy atom. The first-order valence-corrected chi connectivity index (χ1v) is 12.5. The van der Waals surface area contributed by atoms with Gasteiger partial charge in [-0.1, -0.05) is 48.2 Å². The van der Waals surface area contributed by atoms with Crippen molar-refractivity contribution in [1.29, 1.82) is 0 Å². The molecule has 0 radical (unpaired) electrons. The number of hydrogen-bond donors (Lipinski definition) is 0. The Hall–Kier alpha value is -3.78. The van der Waals surface area contributed by atoms with Crippen molar-refractivity contribution in [3.05, 3.63) is 88.2 Å². The van der Waals surface area contributed by atoms with Crippen molar-refractivity contribution in [3.8, 4) is 11.5 Å². The number of rotatable bonds is 5. The van der Waals surface area contributed by atoms with Crippen LogP contribution in [0.4, 0.5) is 5.69 Å². The Morgan fingerprint density at radius 3 is 2.77 bits per heavy atom. The third kappa shape index (κ3) is 4.14. The number of nitrogens with zero attached hydrogens (tertiary/aromatic N) is 3. The molecule has 6 rings (SSSR count). The van der Waals surface area contributed by atoms with Gasteiger partial charge in [-0.2, -0.15) is 0 Å². The van der Waals surface area contributed by atoms with Gasteiger partial charge in [-0.25, -0.2) is 4.98 Å². The molecule has 8 heteroatoms. The van der Waals surface area contributed by atoms with Crippen molar-refractivity contribution in [2.45, 2.75) is 24.5 Å². The number of anilines is 1. The van der Waals surface area contributed by atoms with Crippen LogP contribution in [0.1, 0.15) is 17.5 Å². The maximum Gasteiger partial charge on any atom is 0.262 e. The molecule has 4 aromatic rings. The number of aryl methyl sites for hydroxylation is 1. The van der Waals surface area contributed by atoms with Crippen LogP contribution >= 0.6 is 11.8 Å². The molecule has 0 atom stereocenters. The topological polar surface area (TPSA) is 73.7 Å². The van der Waals surface area contributed by atoms with Crippen LogP contribution in [0.15, 0.2) is 76.7 Å². The van der Waals surface area contributed by atoms with E-state index >= 15 is 0 Å². The summed E-state index contributed by atoms with van der Waals surface area (Å²) in [6.07, 6.45) is 1.92. The summed E-state index contributed by atoms with van der Waals surface area (Å²) in [5.74, 6) is 1.57. The largest absolute Gasteiger partial charge is 0.454 e. The molecule has 0 unspecified atom stereocenters. The predicted molar refractivity (Wildman–Crippen MR) is 136 cm³/mol. The van der Waals surface area contributed by atoms with E-state index in [1.165, 1.54) is 17.3 Å². The van der Waals surface area contributed by atoms with Crippen LogP contribution in [0.2, 0.25) is 0 Å². The average molecular weight is 486 g/mol. The van der Waals surface area contributed by atoms with Gasteiger partial charge in [0, 0.05) is 12.2 Å². The summed E-state index contributed by atoms with van der Waals surface area (Å²) < 4.78 is 12.5. The maximum absolute atomic E-state index is 13.5. The smallest absolute Gasteiger partial charge is 0.262 e. The van der Waals surface area contributed by atoms with Crippen molar-refractivity contribution in [2.24, 2.45) is 0 Å². The van der Waals surface area contributed by atoms with Crippen molar-refractivity contribution in [1.82, 2.24) is 9.55 Å². The van der Waals surface area contributed by atoms with E-state index in [2.05, 4.69) is 6.07 Å². The van der Waals surface area contributed by atoms with E-state index in [0.29, 0.717) is 40.6 Å². The number of benzene rings is 3. The molecule has 0 saturated heterocycles. The van der Waals surface area contributed by atoms with Gasteiger partial charge in [0.2, 0.25) is 12.7 Å². The molecule has 0 fully saturated rings. The highest BCUT2D eigenvalue weighted by atomic mass is 32.2. The number of aromatic nitrogens is 2. The molecule has 3 heterocycles. The highest BCUT2D eigenvalue weighted by Gasteiger charge is 2.23. The number of fused-ring (bicyclic) bond motifs is 3. The van der Waals surface area contributed by atoms with Crippen LogP contribution in [0.3, 0.4) is 0 Å². The molecular weight excluding hydrogens is 462 g/mol. The van der Waals surface area contributed by atoms with Crippen molar-refractivity contribution >= 4 is 34.3 Å². The van der Waals surface area contributed by atoms with Crippen LogP contribution in [-0.2, 0) is 17.8 Å². The van der Waals surface area contributed by atoms with E-state index in [1.807, 2.05) is 59.5 Å². The average Bonchev–Trinajstić information content (AvgIpc) is 3.37. The van der Waals surface area contributed by atoms with E-state index in [0.717, 1.165) is 24.1 Å². The summed E-state index contributed by atoms with van der Waals surface area (Å²) in [5, 5.41) is 1.07. The van der Waals surface area contributed by atoms with Crippen molar-refractivity contribution < 1.29 is 14.3 Å². The Balaban J connectivity index is 1.31. The zero-order valence-corrected chi connectivity index (χ0v) is 19.8. The molecule has 3 aromatic carbocycles. The number of amides is 1. The molecule has 1 amide bonds. The molecule has 0 spiro atoms. The van der Waals surface area contributed by atoms with Crippen LogP contribution < -0.4 is 19.9 Å². The fourth-order valence-electron chi connectivity index (χ4n) is 4.62. The van der Waals surface area contributed by atoms with Gasteiger partial charge in [-0.15, -0.1) is 0 Å². The van der Waals surface area contributed by atoms with Crippen LogP contribution in [0, 0.1) is 0 Å². The second-order valence-electron chi connectivity index (χ2n) is 8.56. The normalized spacial score (nSPS) is 14.2. The molecule has 2 aliphatic heterocycles. The van der Waals surface area contributed by atoms with Crippen LogP contribution in [0.5, 0.6) is 11.5 Å². The van der Waals surface area contributed by atoms with Gasteiger partial charge < -0.3 is 14.4 Å². The summed E-state index contributed by atoms with van der Waals surface area (Å²) in [6.45, 7) is 1.21. The van der Waals surface area contributed by atoms with Gasteiger partial charge in [-0.3, -0.25) is 14.2 Å². The van der Waals surface area contributed by atoms with Gasteiger partial charge in [-0.05, 0) is 54.3 Å². The lowest BCUT2D eigenvalue weighted by atomic mass is 10.0. The molecule has 2 aliphatic rings. The first-order chi connectivity index (χ1) is 17.2. The lowest BCUT2D eigenvalue weighted by molar-refractivity contribution is -0.116. The van der Waals surface area contributed by atoms with Crippen LogP contribution in [-0.4, -0.2) is 34.5 Å². The molecule has 1 aromatic heterocycles. The van der Waals surface area contributed by atoms with Crippen molar-refractivity contribution in [3.63, 3.8) is 0 Å². The second kappa shape index (κ2) is 9.11. The maximum atomic E-state index is 13.5. The SMILES string of the molecule is O=C(CSc1nc2ccccc2c(=O)n1Cc1ccc2c(c1)OCO2)N1CCCc2ccccc21. The first kappa shape index (κ1) is 21.7. The predicted octanol–water partition coefficient (Wildman–Crippen LogP) is 4.25. The lowest BCUT2D eigenvalue weighted by Gasteiger charge is -2.29. The molecule has 176 valence electrons. The molecule has 0 saturated carbocycles.